The monoisotopic (exact) mass is 215 g/mol. The quantitative estimate of drug-likeness (QED) is 0.640. The normalized spacial score (nSPS) is 16.4. The zero-order valence-electron chi connectivity index (χ0n) is 11.2. The average molecular weight is 215 g/mol. The van der Waals surface area contributed by atoms with Gasteiger partial charge in [0.2, 0.25) is 0 Å². The Morgan fingerprint density at radius 1 is 0.933 bits per heavy atom. The van der Waals surface area contributed by atoms with Crippen molar-refractivity contribution in [3.05, 3.63) is 0 Å². The molecule has 0 heterocycles. The molecule has 0 aromatic heterocycles. The Balaban J connectivity index is 3.67. The van der Waals surface area contributed by atoms with Gasteiger partial charge >= 0.3 is 0 Å². The van der Waals surface area contributed by atoms with Gasteiger partial charge in [0.15, 0.2) is 0 Å². The van der Waals surface area contributed by atoms with Crippen LogP contribution in [-0.4, -0.2) is 23.8 Å². The van der Waals surface area contributed by atoms with Crippen molar-refractivity contribution in [3.63, 3.8) is 0 Å². The van der Waals surface area contributed by atoms with Crippen LogP contribution in [0.2, 0.25) is 0 Å². The third-order valence-electron chi connectivity index (χ3n) is 2.68. The number of nitrogens with one attached hydrogen (secondary N) is 1. The predicted octanol–water partition coefficient (Wildman–Crippen LogP) is 2.95. The van der Waals surface area contributed by atoms with Gasteiger partial charge in [0, 0.05) is 0 Å². The van der Waals surface area contributed by atoms with Gasteiger partial charge in [0.1, 0.15) is 0 Å². The molecule has 0 fully saturated rings. The lowest BCUT2D eigenvalue weighted by molar-refractivity contribution is 0.0313. The minimum Gasteiger partial charge on any atom is -0.390 e. The molecule has 1 unspecified atom stereocenters. The van der Waals surface area contributed by atoms with Crippen LogP contribution in [0.3, 0.4) is 0 Å². The van der Waals surface area contributed by atoms with E-state index in [2.05, 4.69) is 33.0 Å². The highest BCUT2D eigenvalue weighted by Gasteiger charge is 2.22. The van der Waals surface area contributed by atoms with E-state index in [0.29, 0.717) is 5.41 Å². The summed E-state index contributed by atoms with van der Waals surface area (Å²) in [5.74, 6) is 0. The first kappa shape index (κ1) is 14.9. The Bertz CT molecular complexity index is 158. The molecule has 0 aromatic rings. The zero-order valence-corrected chi connectivity index (χ0v) is 11.2. The van der Waals surface area contributed by atoms with Crippen LogP contribution in [0.1, 0.15) is 60.3 Å². The molecule has 15 heavy (non-hydrogen) atoms. The highest BCUT2D eigenvalue weighted by Crippen LogP contribution is 2.26. The fourth-order valence-corrected chi connectivity index (χ4v) is 1.43. The second-order valence-corrected chi connectivity index (χ2v) is 6.06. The molecule has 0 aliphatic heterocycles. The van der Waals surface area contributed by atoms with Crippen molar-refractivity contribution in [2.24, 2.45) is 5.41 Å². The van der Waals surface area contributed by atoms with E-state index < -0.39 is 5.60 Å². The molecule has 0 saturated heterocycles. The second-order valence-electron chi connectivity index (χ2n) is 6.06. The summed E-state index contributed by atoms with van der Waals surface area (Å²) in [5.41, 5.74) is -0.186. The molecule has 2 nitrogen and oxygen atoms in total. The summed E-state index contributed by atoms with van der Waals surface area (Å²) in [6.45, 7) is 12.7. The lowest BCUT2D eigenvalue weighted by Crippen LogP contribution is -2.31. The topological polar surface area (TPSA) is 32.3 Å². The van der Waals surface area contributed by atoms with Crippen LogP contribution in [0.15, 0.2) is 0 Å². The molecule has 1 atom stereocenters. The van der Waals surface area contributed by atoms with Gasteiger partial charge in [-0.05, 0) is 51.1 Å². The van der Waals surface area contributed by atoms with Crippen LogP contribution in [-0.2, 0) is 0 Å². The van der Waals surface area contributed by atoms with Crippen molar-refractivity contribution in [2.45, 2.75) is 65.9 Å². The standard InChI is InChI=1S/C13H29NO/c1-6-10-14-11-9-13(5,15)8-7-12(2,3)4/h14-15H,6-11H2,1-5H3. The summed E-state index contributed by atoms with van der Waals surface area (Å²) in [5, 5.41) is 13.5. The number of rotatable bonds is 7. The van der Waals surface area contributed by atoms with Gasteiger partial charge < -0.3 is 10.4 Å². The highest BCUT2D eigenvalue weighted by atomic mass is 16.3. The summed E-state index contributed by atoms with van der Waals surface area (Å²) in [6, 6.07) is 0. The minimum atomic E-state index is -0.506. The molecule has 92 valence electrons. The van der Waals surface area contributed by atoms with E-state index in [1.807, 2.05) is 6.92 Å². The van der Waals surface area contributed by atoms with E-state index in [1.165, 1.54) is 0 Å². The smallest absolute Gasteiger partial charge is 0.0632 e. The Labute approximate surface area is 95.5 Å². The maximum Gasteiger partial charge on any atom is 0.0632 e. The van der Waals surface area contributed by atoms with Gasteiger partial charge in [0.25, 0.3) is 0 Å². The van der Waals surface area contributed by atoms with Crippen LogP contribution >= 0.6 is 0 Å². The van der Waals surface area contributed by atoms with Crippen LogP contribution in [0.5, 0.6) is 0 Å². The molecule has 0 bridgehead atoms. The number of aliphatic hydroxyl groups is 1. The van der Waals surface area contributed by atoms with Gasteiger partial charge in [-0.1, -0.05) is 27.7 Å². The molecule has 0 aliphatic carbocycles. The van der Waals surface area contributed by atoms with Crippen LogP contribution in [0.4, 0.5) is 0 Å². The summed E-state index contributed by atoms with van der Waals surface area (Å²) < 4.78 is 0. The molecule has 0 aliphatic rings. The Kier molecular flexibility index (Phi) is 6.46. The van der Waals surface area contributed by atoms with Crippen molar-refractivity contribution in [3.8, 4) is 0 Å². The van der Waals surface area contributed by atoms with Gasteiger partial charge in [0.05, 0.1) is 5.60 Å². The van der Waals surface area contributed by atoms with E-state index in [9.17, 15) is 5.11 Å². The lowest BCUT2D eigenvalue weighted by Gasteiger charge is -2.27. The predicted molar refractivity (Wildman–Crippen MR) is 67.1 cm³/mol. The SMILES string of the molecule is CCCNCCC(C)(O)CCC(C)(C)C. The molecular weight excluding hydrogens is 186 g/mol. The van der Waals surface area contributed by atoms with E-state index in [0.717, 1.165) is 38.8 Å². The molecule has 2 N–H and O–H groups in total. The van der Waals surface area contributed by atoms with Crippen LogP contribution in [0, 0.1) is 5.41 Å². The summed E-state index contributed by atoms with van der Waals surface area (Å²) in [4.78, 5) is 0. The van der Waals surface area contributed by atoms with E-state index in [1.54, 1.807) is 0 Å². The zero-order chi connectivity index (χ0) is 11.9. The lowest BCUT2D eigenvalue weighted by atomic mass is 9.84. The minimum absolute atomic E-state index is 0.320. The van der Waals surface area contributed by atoms with E-state index >= 15 is 0 Å². The molecule has 0 spiro atoms. The highest BCUT2D eigenvalue weighted by molar-refractivity contribution is 4.76. The third-order valence-corrected chi connectivity index (χ3v) is 2.68. The Hall–Kier alpha value is -0.0800. The fraction of sp³-hybridized carbons (Fsp3) is 1.00. The summed E-state index contributed by atoms with van der Waals surface area (Å²) in [7, 11) is 0. The second kappa shape index (κ2) is 6.49. The maximum atomic E-state index is 10.1. The Morgan fingerprint density at radius 3 is 2.00 bits per heavy atom. The summed E-state index contributed by atoms with van der Waals surface area (Å²) >= 11 is 0. The van der Waals surface area contributed by atoms with Crippen molar-refractivity contribution in [1.82, 2.24) is 5.32 Å². The van der Waals surface area contributed by atoms with Crippen LogP contribution in [0.25, 0.3) is 0 Å². The number of hydrogen-bond donors (Lipinski definition) is 2. The largest absolute Gasteiger partial charge is 0.390 e. The van der Waals surface area contributed by atoms with E-state index in [4.69, 9.17) is 0 Å². The molecule has 0 amide bonds. The summed E-state index contributed by atoms with van der Waals surface area (Å²) in [6.07, 6.45) is 3.98. The average Bonchev–Trinajstić information content (AvgIpc) is 2.09. The molecule has 0 aromatic carbocycles. The van der Waals surface area contributed by atoms with Gasteiger partial charge in [-0.25, -0.2) is 0 Å². The van der Waals surface area contributed by atoms with Gasteiger partial charge in [-0.3, -0.25) is 0 Å². The van der Waals surface area contributed by atoms with Crippen molar-refractivity contribution in [1.29, 1.82) is 0 Å². The van der Waals surface area contributed by atoms with Crippen LogP contribution < -0.4 is 5.32 Å². The molecule has 0 radical (unpaired) electrons. The molecule has 2 heteroatoms. The molecule has 0 rings (SSSR count). The first-order valence-electron chi connectivity index (χ1n) is 6.20. The van der Waals surface area contributed by atoms with E-state index in [-0.39, 0.29) is 0 Å². The van der Waals surface area contributed by atoms with Crippen molar-refractivity contribution >= 4 is 0 Å². The first-order valence-corrected chi connectivity index (χ1v) is 6.20. The Morgan fingerprint density at radius 2 is 1.53 bits per heavy atom. The van der Waals surface area contributed by atoms with Gasteiger partial charge in [-0.2, -0.15) is 0 Å². The molecular formula is C13H29NO. The fourth-order valence-electron chi connectivity index (χ4n) is 1.43. The first-order chi connectivity index (χ1) is 6.77. The number of hydrogen-bond acceptors (Lipinski definition) is 2. The molecule has 0 saturated carbocycles. The maximum absolute atomic E-state index is 10.1. The van der Waals surface area contributed by atoms with Crippen molar-refractivity contribution in [2.75, 3.05) is 13.1 Å². The third kappa shape index (κ3) is 10.2. The van der Waals surface area contributed by atoms with Crippen molar-refractivity contribution < 1.29 is 5.11 Å². The van der Waals surface area contributed by atoms with Gasteiger partial charge in [-0.15, -0.1) is 0 Å².